The van der Waals surface area contributed by atoms with Gasteiger partial charge in [0.1, 0.15) is 0 Å². The Morgan fingerprint density at radius 2 is 2.12 bits per heavy atom. The van der Waals surface area contributed by atoms with E-state index in [4.69, 9.17) is 5.73 Å². The summed E-state index contributed by atoms with van der Waals surface area (Å²) in [6, 6.07) is 10.4. The lowest BCUT2D eigenvalue weighted by Gasteiger charge is -2.31. The van der Waals surface area contributed by atoms with E-state index in [1.54, 1.807) is 0 Å². The Morgan fingerprint density at radius 3 is 2.82 bits per heavy atom. The molecule has 1 aliphatic rings. The Labute approximate surface area is 103 Å². The molecular weight excluding hydrogens is 212 g/mol. The smallest absolute Gasteiger partial charge is 0.150 e. The molecule has 0 saturated carbocycles. The maximum atomic E-state index is 11.6. The fourth-order valence-corrected chi connectivity index (χ4v) is 2.47. The molecular formula is C14H20N2O. The van der Waals surface area contributed by atoms with E-state index >= 15 is 0 Å². The van der Waals surface area contributed by atoms with Gasteiger partial charge in [-0.25, -0.2) is 0 Å². The van der Waals surface area contributed by atoms with Gasteiger partial charge in [0, 0.05) is 19.0 Å². The van der Waals surface area contributed by atoms with Gasteiger partial charge in [0.2, 0.25) is 0 Å². The molecule has 1 aromatic rings. The summed E-state index contributed by atoms with van der Waals surface area (Å²) in [7, 11) is 0. The van der Waals surface area contributed by atoms with Crippen molar-refractivity contribution in [2.45, 2.75) is 19.4 Å². The highest BCUT2D eigenvalue weighted by Gasteiger charge is 2.24. The molecule has 2 rings (SSSR count). The third kappa shape index (κ3) is 3.38. The molecule has 0 bridgehead atoms. The summed E-state index contributed by atoms with van der Waals surface area (Å²) >= 11 is 0. The molecule has 1 atom stereocenters. The third-order valence-electron chi connectivity index (χ3n) is 3.41. The fraction of sp³-hybridized carbons (Fsp3) is 0.500. The fourth-order valence-electron chi connectivity index (χ4n) is 2.47. The van der Waals surface area contributed by atoms with E-state index in [2.05, 4.69) is 29.2 Å². The summed E-state index contributed by atoms with van der Waals surface area (Å²) in [5.74, 6) is 0.361. The summed E-state index contributed by atoms with van der Waals surface area (Å²) in [5, 5.41) is 0. The van der Waals surface area contributed by atoms with Crippen molar-refractivity contribution in [1.82, 2.24) is 4.90 Å². The second-order valence-corrected chi connectivity index (χ2v) is 4.73. The Hall–Kier alpha value is -1.19. The van der Waals surface area contributed by atoms with Crippen molar-refractivity contribution in [2.24, 2.45) is 11.7 Å². The highest BCUT2D eigenvalue weighted by atomic mass is 16.1. The molecule has 1 saturated heterocycles. The van der Waals surface area contributed by atoms with Crippen LogP contribution in [0.3, 0.4) is 0 Å². The summed E-state index contributed by atoms with van der Waals surface area (Å²) in [6.45, 7) is 3.08. The summed E-state index contributed by atoms with van der Waals surface area (Å²) in [4.78, 5) is 14.0. The largest absolute Gasteiger partial charge is 0.324 e. The van der Waals surface area contributed by atoms with Crippen molar-refractivity contribution in [2.75, 3.05) is 19.6 Å². The molecule has 92 valence electrons. The van der Waals surface area contributed by atoms with Crippen molar-refractivity contribution < 1.29 is 4.79 Å². The maximum Gasteiger partial charge on any atom is 0.150 e. The first-order valence-corrected chi connectivity index (χ1v) is 6.28. The number of likely N-dealkylation sites (tertiary alicyclic amines) is 1. The van der Waals surface area contributed by atoms with Gasteiger partial charge in [-0.15, -0.1) is 0 Å². The van der Waals surface area contributed by atoms with Crippen molar-refractivity contribution in [3.63, 3.8) is 0 Å². The van der Waals surface area contributed by atoms with E-state index < -0.39 is 0 Å². The lowest BCUT2D eigenvalue weighted by atomic mass is 9.93. The summed E-state index contributed by atoms with van der Waals surface area (Å²) in [5.41, 5.74) is 6.75. The number of hydrogen-bond acceptors (Lipinski definition) is 3. The highest BCUT2D eigenvalue weighted by Crippen LogP contribution is 2.19. The van der Waals surface area contributed by atoms with Crippen molar-refractivity contribution in [3.8, 4) is 0 Å². The van der Waals surface area contributed by atoms with Crippen molar-refractivity contribution in [1.29, 1.82) is 0 Å². The summed E-state index contributed by atoms with van der Waals surface area (Å²) in [6.07, 6.45) is 2.10. The zero-order valence-corrected chi connectivity index (χ0v) is 10.1. The van der Waals surface area contributed by atoms with Gasteiger partial charge < -0.3 is 5.73 Å². The van der Waals surface area contributed by atoms with Crippen LogP contribution in [0.1, 0.15) is 18.4 Å². The highest BCUT2D eigenvalue weighted by molar-refractivity contribution is 5.83. The normalized spacial score (nSPS) is 21.4. The first kappa shape index (κ1) is 12.3. The first-order chi connectivity index (χ1) is 8.29. The lowest BCUT2D eigenvalue weighted by molar-refractivity contribution is -0.123. The maximum absolute atomic E-state index is 11.6. The number of rotatable bonds is 4. The van der Waals surface area contributed by atoms with Crippen molar-refractivity contribution in [3.05, 3.63) is 35.9 Å². The number of carbonyl (C=O) groups is 1. The van der Waals surface area contributed by atoms with E-state index in [0.717, 1.165) is 32.5 Å². The van der Waals surface area contributed by atoms with Gasteiger partial charge in [0.15, 0.2) is 5.78 Å². The van der Waals surface area contributed by atoms with E-state index in [1.807, 2.05) is 6.07 Å². The lowest BCUT2D eigenvalue weighted by Crippen LogP contribution is -2.40. The van der Waals surface area contributed by atoms with Crippen LogP contribution in [0.25, 0.3) is 0 Å². The van der Waals surface area contributed by atoms with Crippen LogP contribution in [0.5, 0.6) is 0 Å². The van der Waals surface area contributed by atoms with Crippen molar-refractivity contribution >= 4 is 5.78 Å². The molecule has 0 aromatic heterocycles. The van der Waals surface area contributed by atoms with Gasteiger partial charge in [-0.2, -0.15) is 0 Å². The van der Waals surface area contributed by atoms with Crippen LogP contribution >= 0.6 is 0 Å². The molecule has 3 heteroatoms. The molecule has 1 fully saturated rings. The van der Waals surface area contributed by atoms with E-state index in [-0.39, 0.29) is 18.2 Å². The number of benzene rings is 1. The van der Waals surface area contributed by atoms with E-state index in [0.29, 0.717) is 0 Å². The minimum Gasteiger partial charge on any atom is -0.324 e. The molecule has 1 unspecified atom stereocenters. The van der Waals surface area contributed by atoms with Crippen LogP contribution in [0.2, 0.25) is 0 Å². The van der Waals surface area contributed by atoms with Crippen LogP contribution in [0.4, 0.5) is 0 Å². The molecule has 0 spiro atoms. The average molecular weight is 232 g/mol. The third-order valence-corrected chi connectivity index (χ3v) is 3.41. The number of carbonyl (C=O) groups excluding carboxylic acids is 1. The van der Waals surface area contributed by atoms with Crippen LogP contribution in [-0.2, 0) is 11.3 Å². The van der Waals surface area contributed by atoms with Gasteiger partial charge in [0.05, 0.1) is 6.54 Å². The number of nitrogens with two attached hydrogens (primary N) is 1. The van der Waals surface area contributed by atoms with E-state index in [1.165, 1.54) is 5.56 Å². The Kier molecular flexibility index (Phi) is 4.29. The first-order valence-electron chi connectivity index (χ1n) is 6.28. The SMILES string of the molecule is NCC(=O)C1CCCN(Cc2ccccc2)C1. The second-order valence-electron chi connectivity index (χ2n) is 4.73. The molecule has 0 radical (unpaired) electrons. The van der Waals surface area contributed by atoms with Gasteiger partial charge >= 0.3 is 0 Å². The number of Topliss-reactive ketones (excluding diaryl/α,β-unsaturated/α-hetero) is 1. The van der Waals surface area contributed by atoms with Gasteiger partial charge in [-0.1, -0.05) is 30.3 Å². The zero-order valence-electron chi connectivity index (χ0n) is 10.1. The number of nitrogens with zero attached hydrogens (tertiary/aromatic N) is 1. The quantitative estimate of drug-likeness (QED) is 0.854. The minimum atomic E-state index is 0.150. The predicted molar refractivity (Wildman–Crippen MR) is 68.5 cm³/mol. The molecule has 0 aliphatic carbocycles. The summed E-state index contributed by atoms with van der Waals surface area (Å²) < 4.78 is 0. The zero-order chi connectivity index (χ0) is 12.1. The standard InChI is InChI=1S/C14H20N2O/c15-9-14(17)13-7-4-8-16(11-13)10-12-5-2-1-3-6-12/h1-3,5-6,13H,4,7-11,15H2. The molecule has 0 amide bonds. The Bertz CT molecular complexity index is 364. The molecule has 3 nitrogen and oxygen atoms in total. The van der Waals surface area contributed by atoms with Crippen LogP contribution in [0.15, 0.2) is 30.3 Å². The second kappa shape index (κ2) is 5.94. The van der Waals surface area contributed by atoms with E-state index in [9.17, 15) is 4.79 Å². The number of ketones is 1. The number of hydrogen-bond donors (Lipinski definition) is 1. The monoisotopic (exact) mass is 232 g/mol. The topological polar surface area (TPSA) is 46.3 Å². The molecule has 1 aromatic carbocycles. The molecule has 1 aliphatic heterocycles. The number of piperidine rings is 1. The average Bonchev–Trinajstić information content (AvgIpc) is 2.39. The molecule has 1 heterocycles. The van der Waals surface area contributed by atoms with Crippen LogP contribution in [-0.4, -0.2) is 30.3 Å². The minimum absolute atomic E-state index is 0.150. The van der Waals surface area contributed by atoms with Gasteiger partial charge in [-0.05, 0) is 24.9 Å². The van der Waals surface area contributed by atoms with Crippen LogP contribution in [0, 0.1) is 5.92 Å². The Morgan fingerprint density at radius 1 is 1.35 bits per heavy atom. The van der Waals surface area contributed by atoms with Crippen LogP contribution < -0.4 is 5.73 Å². The van der Waals surface area contributed by atoms with Gasteiger partial charge in [-0.3, -0.25) is 9.69 Å². The molecule has 17 heavy (non-hydrogen) atoms. The Balaban J connectivity index is 1.92. The van der Waals surface area contributed by atoms with Gasteiger partial charge in [0.25, 0.3) is 0 Å². The predicted octanol–water partition coefficient (Wildman–Crippen LogP) is 1.43. The molecule has 2 N–H and O–H groups in total.